The number of hydrogen-bond acceptors (Lipinski definition) is 4. The predicted octanol–water partition coefficient (Wildman–Crippen LogP) is 4.28. The Balaban J connectivity index is 1.55. The van der Waals surface area contributed by atoms with E-state index >= 15 is 0 Å². The van der Waals surface area contributed by atoms with Gasteiger partial charge >= 0.3 is 0 Å². The molecule has 3 rings (SSSR count). The Kier molecular flexibility index (Phi) is 6.16. The lowest BCUT2D eigenvalue weighted by atomic mass is 9.91. The molecule has 2 aromatic carbocycles. The highest BCUT2D eigenvalue weighted by molar-refractivity contribution is 7.97. The van der Waals surface area contributed by atoms with E-state index in [9.17, 15) is 5.26 Å². The highest BCUT2D eigenvalue weighted by Crippen LogP contribution is 2.33. The van der Waals surface area contributed by atoms with E-state index in [-0.39, 0.29) is 0 Å². The standard InChI is InChI=1S/C22H25N3S/c1-3-13-24(14-4-2)22(16-23)17-25(18-22)26-15-12-20-10-7-9-19-8-5-6-11-21(19)20/h3-11H,1-2,12-15,17-18H2. The number of nitriles is 1. The van der Waals surface area contributed by atoms with Crippen LogP contribution < -0.4 is 0 Å². The van der Waals surface area contributed by atoms with Gasteiger partial charge in [-0.3, -0.25) is 4.90 Å². The zero-order valence-electron chi connectivity index (χ0n) is 15.1. The Morgan fingerprint density at radius 2 is 1.81 bits per heavy atom. The van der Waals surface area contributed by atoms with Gasteiger partial charge in [-0.15, -0.1) is 13.2 Å². The van der Waals surface area contributed by atoms with Crippen LogP contribution in [0.5, 0.6) is 0 Å². The van der Waals surface area contributed by atoms with Gasteiger partial charge in [0.05, 0.1) is 6.07 Å². The van der Waals surface area contributed by atoms with E-state index < -0.39 is 5.54 Å². The van der Waals surface area contributed by atoms with Crippen molar-refractivity contribution in [2.24, 2.45) is 0 Å². The van der Waals surface area contributed by atoms with Crippen LogP contribution in [0.1, 0.15) is 5.56 Å². The van der Waals surface area contributed by atoms with Gasteiger partial charge in [0.1, 0.15) is 5.54 Å². The van der Waals surface area contributed by atoms with Crippen LogP contribution in [0.4, 0.5) is 0 Å². The van der Waals surface area contributed by atoms with Crippen LogP contribution in [0.25, 0.3) is 10.8 Å². The van der Waals surface area contributed by atoms with Crippen LogP contribution in [-0.4, -0.2) is 46.7 Å². The molecule has 0 aliphatic carbocycles. The van der Waals surface area contributed by atoms with Gasteiger partial charge in [-0.25, -0.2) is 4.31 Å². The quantitative estimate of drug-likeness (QED) is 0.491. The third-order valence-electron chi connectivity index (χ3n) is 4.91. The van der Waals surface area contributed by atoms with E-state index in [1.165, 1.54) is 16.3 Å². The molecule has 1 aliphatic rings. The first-order valence-electron chi connectivity index (χ1n) is 8.95. The molecule has 0 N–H and O–H groups in total. The number of aryl methyl sites for hydroxylation is 1. The number of benzene rings is 2. The summed E-state index contributed by atoms with van der Waals surface area (Å²) in [5.41, 5.74) is 0.983. The summed E-state index contributed by atoms with van der Waals surface area (Å²) >= 11 is 1.84. The zero-order valence-corrected chi connectivity index (χ0v) is 15.9. The Morgan fingerprint density at radius 1 is 1.12 bits per heavy atom. The zero-order chi connectivity index (χ0) is 18.4. The summed E-state index contributed by atoms with van der Waals surface area (Å²) < 4.78 is 2.30. The van der Waals surface area contributed by atoms with Gasteiger partial charge in [-0.2, -0.15) is 5.26 Å². The molecule has 0 bridgehead atoms. The van der Waals surface area contributed by atoms with Crippen molar-refractivity contribution in [3.8, 4) is 6.07 Å². The molecular formula is C22H25N3S. The SMILES string of the molecule is C=CCN(CC=C)C1(C#N)CN(SCCc2cccc3ccccc23)C1. The van der Waals surface area contributed by atoms with E-state index in [1.54, 1.807) is 0 Å². The van der Waals surface area contributed by atoms with Gasteiger partial charge in [0.25, 0.3) is 0 Å². The summed E-state index contributed by atoms with van der Waals surface area (Å²) in [6, 6.07) is 17.6. The van der Waals surface area contributed by atoms with E-state index in [2.05, 4.69) is 70.9 Å². The van der Waals surface area contributed by atoms with Gasteiger partial charge in [0.2, 0.25) is 0 Å². The molecule has 3 nitrogen and oxygen atoms in total. The molecule has 1 aliphatic heterocycles. The van der Waals surface area contributed by atoms with Gasteiger partial charge in [0.15, 0.2) is 0 Å². The largest absolute Gasteiger partial charge is 0.276 e. The van der Waals surface area contributed by atoms with Gasteiger partial charge in [0, 0.05) is 31.9 Å². The second-order valence-corrected chi connectivity index (χ2v) is 7.83. The summed E-state index contributed by atoms with van der Waals surface area (Å²) in [7, 11) is 0. The lowest BCUT2D eigenvalue weighted by Gasteiger charge is -2.50. The molecule has 0 spiro atoms. The van der Waals surface area contributed by atoms with Crippen molar-refractivity contribution in [2.45, 2.75) is 12.0 Å². The minimum Gasteiger partial charge on any atom is -0.276 e. The number of hydrogen-bond donors (Lipinski definition) is 0. The maximum Gasteiger partial charge on any atom is 0.137 e. The van der Waals surface area contributed by atoms with Gasteiger partial charge in [-0.05, 0) is 22.8 Å². The van der Waals surface area contributed by atoms with E-state index in [0.717, 1.165) is 25.3 Å². The minimum absolute atomic E-state index is 0.408. The summed E-state index contributed by atoms with van der Waals surface area (Å²) in [6.45, 7) is 10.6. The van der Waals surface area contributed by atoms with Crippen molar-refractivity contribution in [1.82, 2.24) is 9.21 Å². The molecule has 0 atom stereocenters. The van der Waals surface area contributed by atoms with Crippen LogP contribution in [0.2, 0.25) is 0 Å². The maximum absolute atomic E-state index is 9.70. The molecule has 1 heterocycles. The second kappa shape index (κ2) is 8.55. The van der Waals surface area contributed by atoms with Crippen molar-refractivity contribution < 1.29 is 0 Å². The average Bonchev–Trinajstić information content (AvgIpc) is 2.64. The Labute approximate surface area is 160 Å². The molecular weight excluding hydrogens is 338 g/mol. The highest BCUT2D eigenvalue weighted by Gasteiger charge is 2.47. The van der Waals surface area contributed by atoms with Crippen LogP contribution >= 0.6 is 11.9 Å². The second-order valence-electron chi connectivity index (χ2n) is 6.65. The van der Waals surface area contributed by atoms with Crippen molar-refractivity contribution >= 4 is 22.7 Å². The Hall–Kier alpha value is -2.06. The number of nitrogens with zero attached hydrogens (tertiary/aromatic N) is 3. The third kappa shape index (κ3) is 3.86. The topological polar surface area (TPSA) is 30.3 Å². The smallest absolute Gasteiger partial charge is 0.137 e. The lowest BCUT2D eigenvalue weighted by molar-refractivity contribution is 0.0556. The monoisotopic (exact) mass is 363 g/mol. The first-order chi connectivity index (χ1) is 12.7. The normalized spacial score (nSPS) is 16.2. The first kappa shape index (κ1) is 18.7. The van der Waals surface area contributed by atoms with E-state index in [1.807, 2.05) is 24.1 Å². The molecule has 0 aromatic heterocycles. The first-order valence-corrected chi connectivity index (χ1v) is 9.89. The van der Waals surface area contributed by atoms with Crippen LogP contribution in [0.15, 0.2) is 67.8 Å². The summed E-state index contributed by atoms with van der Waals surface area (Å²) in [5, 5.41) is 12.3. The van der Waals surface area contributed by atoms with Crippen LogP contribution in [0, 0.1) is 11.3 Å². The highest BCUT2D eigenvalue weighted by atomic mass is 32.2. The van der Waals surface area contributed by atoms with Crippen molar-refractivity contribution in [3.63, 3.8) is 0 Å². The fraction of sp³-hybridized carbons (Fsp3) is 0.318. The Morgan fingerprint density at radius 3 is 2.50 bits per heavy atom. The third-order valence-corrected chi connectivity index (χ3v) is 5.92. The number of rotatable bonds is 9. The van der Waals surface area contributed by atoms with E-state index in [4.69, 9.17) is 0 Å². The maximum atomic E-state index is 9.70. The summed E-state index contributed by atoms with van der Waals surface area (Å²) in [4.78, 5) is 2.16. The molecule has 134 valence electrons. The molecule has 0 unspecified atom stereocenters. The van der Waals surface area contributed by atoms with Crippen molar-refractivity contribution in [2.75, 3.05) is 31.9 Å². The molecule has 1 fully saturated rings. The van der Waals surface area contributed by atoms with Crippen LogP contribution in [0.3, 0.4) is 0 Å². The fourth-order valence-corrected chi connectivity index (χ4v) is 4.68. The molecule has 26 heavy (non-hydrogen) atoms. The van der Waals surface area contributed by atoms with Gasteiger partial charge in [-0.1, -0.05) is 66.6 Å². The molecule has 0 saturated carbocycles. The number of fused-ring (bicyclic) bond motifs is 1. The summed E-state index contributed by atoms with van der Waals surface area (Å²) in [6.07, 6.45) is 4.75. The molecule has 1 saturated heterocycles. The minimum atomic E-state index is -0.408. The fourth-order valence-electron chi connectivity index (χ4n) is 3.50. The van der Waals surface area contributed by atoms with Crippen LogP contribution in [-0.2, 0) is 6.42 Å². The van der Waals surface area contributed by atoms with Gasteiger partial charge < -0.3 is 0 Å². The Bertz CT molecular complexity index is 802. The van der Waals surface area contributed by atoms with Crippen molar-refractivity contribution in [3.05, 3.63) is 73.3 Å². The predicted molar refractivity (Wildman–Crippen MR) is 112 cm³/mol. The van der Waals surface area contributed by atoms with E-state index in [0.29, 0.717) is 13.1 Å². The lowest BCUT2D eigenvalue weighted by Crippen LogP contribution is -2.67. The molecule has 2 aromatic rings. The molecule has 0 radical (unpaired) electrons. The molecule has 4 heteroatoms. The van der Waals surface area contributed by atoms with Crippen molar-refractivity contribution in [1.29, 1.82) is 5.26 Å². The summed E-state index contributed by atoms with van der Waals surface area (Å²) in [5.74, 6) is 1.03. The average molecular weight is 364 g/mol. The molecule has 0 amide bonds.